The van der Waals surface area contributed by atoms with Gasteiger partial charge in [-0.25, -0.2) is 0 Å². The first kappa shape index (κ1) is 17.1. The first-order chi connectivity index (χ1) is 8.74. The van der Waals surface area contributed by atoms with Crippen molar-refractivity contribution in [2.24, 2.45) is 0 Å². The average Bonchev–Trinajstić information content (AvgIpc) is 2.40. The summed E-state index contributed by atoms with van der Waals surface area (Å²) in [6, 6.07) is 0. The van der Waals surface area contributed by atoms with Crippen LogP contribution in [0.5, 0.6) is 0 Å². The van der Waals surface area contributed by atoms with Crippen molar-refractivity contribution in [1.82, 2.24) is 9.97 Å². The van der Waals surface area contributed by atoms with Gasteiger partial charge in [-0.05, 0) is 6.92 Å². The molecule has 5 heteroatoms. The summed E-state index contributed by atoms with van der Waals surface area (Å²) in [5, 5.41) is 1.34. The van der Waals surface area contributed by atoms with Crippen molar-refractivity contribution >= 4 is 23.7 Å². The third kappa shape index (κ3) is 10.3. The molecule has 0 radical (unpaired) electrons. The predicted octanol–water partition coefficient (Wildman–Crippen LogP) is 2.35. The zero-order valence-corrected chi connectivity index (χ0v) is 11.7. The van der Waals surface area contributed by atoms with Crippen LogP contribution < -0.4 is 0 Å². The molecule has 18 heavy (non-hydrogen) atoms. The van der Waals surface area contributed by atoms with Gasteiger partial charge in [0.25, 0.3) is 0 Å². The molecular formula is C13H21LiN2O2. The van der Waals surface area contributed by atoms with Gasteiger partial charge in [0.05, 0.1) is 18.7 Å². The van der Waals surface area contributed by atoms with Gasteiger partial charge in [0.15, 0.2) is 0 Å². The Morgan fingerprint density at radius 2 is 2.17 bits per heavy atom. The van der Waals surface area contributed by atoms with Crippen LogP contribution in [0.4, 0.5) is 0 Å². The van der Waals surface area contributed by atoms with E-state index in [0.29, 0.717) is 19.4 Å². The van der Waals surface area contributed by atoms with E-state index in [2.05, 4.69) is 34.6 Å². The first-order valence-corrected chi connectivity index (χ1v) is 6.65. The Kier molecular flexibility index (Phi) is 12.0. The molecule has 0 amide bonds. The van der Waals surface area contributed by atoms with Crippen LogP contribution in [0.15, 0.2) is 18.6 Å². The van der Waals surface area contributed by atoms with Gasteiger partial charge in [0.1, 0.15) is 0 Å². The summed E-state index contributed by atoms with van der Waals surface area (Å²) in [7, 11) is 0. The number of carbonyl (C=O) groups excluding carboxylic acids is 1. The summed E-state index contributed by atoms with van der Waals surface area (Å²) >= 11 is 2.21. The molecule has 0 saturated carbocycles. The molecular weight excluding hydrogens is 223 g/mol. The van der Waals surface area contributed by atoms with Crippen LogP contribution in [0, 0.1) is 0 Å². The van der Waals surface area contributed by atoms with Crippen LogP contribution in [-0.4, -0.2) is 40.3 Å². The van der Waals surface area contributed by atoms with Crippen molar-refractivity contribution in [3.63, 3.8) is 0 Å². The van der Waals surface area contributed by atoms with E-state index in [1.165, 1.54) is 17.9 Å². The maximum absolute atomic E-state index is 10.9. The van der Waals surface area contributed by atoms with Gasteiger partial charge in [-0.1, -0.05) is 0 Å². The molecule has 1 heterocycles. The number of esters is 1. The predicted molar refractivity (Wildman–Crippen MR) is 72.5 cm³/mol. The molecule has 0 aliphatic heterocycles. The number of unbranched alkanes of at least 4 members (excludes halogenated alkanes) is 1. The third-order valence-corrected chi connectivity index (χ3v) is 2.21. The molecule has 0 atom stereocenters. The van der Waals surface area contributed by atoms with Gasteiger partial charge in [-0.15, -0.1) is 0 Å². The zero-order valence-electron chi connectivity index (χ0n) is 11.7. The van der Waals surface area contributed by atoms with E-state index in [1.54, 1.807) is 25.5 Å². The van der Waals surface area contributed by atoms with Crippen molar-refractivity contribution in [2.75, 3.05) is 6.61 Å². The first-order valence-electron chi connectivity index (χ1n) is 6.65. The van der Waals surface area contributed by atoms with Gasteiger partial charge in [-0.3, -0.25) is 14.8 Å². The number of nitrogens with zero attached hydrogens (tertiary/aromatic N) is 2. The van der Waals surface area contributed by atoms with Crippen LogP contribution in [0.1, 0.15) is 38.8 Å². The van der Waals surface area contributed by atoms with Gasteiger partial charge < -0.3 is 4.74 Å². The SMILES string of the molecule is CCOC(=O)CCc1cnccn1.[Li][CH2]CCC. The molecule has 0 N–H and O–H groups in total. The number of carbonyl (C=O) groups is 1. The van der Waals surface area contributed by atoms with Crippen molar-refractivity contribution in [3.05, 3.63) is 24.3 Å². The molecule has 1 aromatic rings. The monoisotopic (exact) mass is 244 g/mol. The number of hydrogen-bond donors (Lipinski definition) is 0. The van der Waals surface area contributed by atoms with Crippen molar-refractivity contribution < 1.29 is 9.53 Å². The fourth-order valence-electron chi connectivity index (χ4n) is 1.28. The van der Waals surface area contributed by atoms with Gasteiger partial charge in [0, 0.05) is 25.0 Å². The normalized spacial score (nSPS) is 9.33. The quantitative estimate of drug-likeness (QED) is 0.569. The second kappa shape index (κ2) is 12.6. The zero-order chi connectivity index (χ0) is 13.6. The molecule has 0 aliphatic carbocycles. The van der Waals surface area contributed by atoms with E-state index in [0.717, 1.165) is 5.69 Å². The number of rotatable bonds is 6. The van der Waals surface area contributed by atoms with Crippen LogP contribution in [0.3, 0.4) is 0 Å². The molecule has 96 valence electrons. The molecule has 0 unspecified atom stereocenters. The van der Waals surface area contributed by atoms with Crippen LogP contribution in [0.2, 0.25) is 5.09 Å². The Hall–Kier alpha value is -0.853. The summed E-state index contributed by atoms with van der Waals surface area (Å²) in [6.45, 7) is 4.43. The number of aromatic nitrogens is 2. The molecule has 0 fully saturated rings. The number of hydrogen-bond acceptors (Lipinski definition) is 4. The Labute approximate surface area is 119 Å². The van der Waals surface area contributed by atoms with E-state index < -0.39 is 0 Å². The summed E-state index contributed by atoms with van der Waals surface area (Å²) in [5.41, 5.74) is 0.815. The summed E-state index contributed by atoms with van der Waals surface area (Å²) in [4.78, 5) is 18.9. The molecule has 1 rings (SSSR count). The Morgan fingerprint density at radius 1 is 1.39 bits per heavy atom. The number of aryl methyl sites for hydroxylation is 1. The van der Waals surface area contributed by atoms with Crippen molar-refractivity contribution in [2.45, 2.75) is 44.6 Å². The minimum absolute atomic E-state index is 0.187. The average molecular weight is 244 g/mol. The minimum atomic E-state index is -0.187. The fraction of sp³-hybridized carbons (Fsp3) is 0.615. The second-order valence-electron chi connectivity index (χ2n) is 3.86. The Balaban J connectivity index is 0.000000494. The molecule has 0 saturated heterocycles. The van der Waals surface area contributed by atoms with Gasteiger partial charge in [-0.2, -0.15) is 0 Å². The van der Waals surface area contributed by atoms with Crippen LogP contribution in [-0.2, 0) is 16.0 Å². The molecule has 0 aliphatic rings. The van der Waals surface area contributed by atoms with Gasteiger partial charge in [0.2, 0.25) is 0 Å². The molecule has 0 bridgehead atoms. The molecule has 4 nitrogen and oxygen atoms in total. The molecule has 0 spiro atoms. The number of ether oxygens (including phenoxy) is 1. The van der Waals surface area contributed by atoms with Crippen LogP contribution >= 0.6 is 0 Å². The molecule has 0 aromatic carbocycles. The second-order valence-corrected chi connectivity index (χ2v) is 3.86. The topological polar surface area (TPSA) is 52.1 Å². The summed E-state index contributed by atoms with van der Waals surface area (Å²) in [6.07, 6.45) is 8.56. The van der Waals surface area contributed by atoms with E-state index in [9.17, 15) is 4.79 Å². The van der Waals surface area contributed by atoms with Crippen LogP contribution in [0.25, 0.3) is 0 Å². The Morgan fingerprint density at radius 3 is 2.61 bits per heavy atom. The van der Waals surface area contributed by atoms with E-state index >= 15 is 0 Å². The maximum atomic E-state index is 10.9. The van der Waals surface area contributed by atoms with E-state index in [1.807, 2.05) is 0 Å². The molecule has 1 aromatic heterocycles. The Bertz CT molecular complexity index is 305. The van der Waals surface area contributed by atoms with Crippen molar-refractivity contribution in [3.8, 4) is 0 Å². The third-order valence-electron chi connectivity index (χ3n) is 2.21. The van der Waals surface area contributed by atoms with Crippen molar-refractivity contribution in [1.29, 1.82) is 0 Å². The summed E-state index contributed by atoms with van der Waals surface area (Å²) < 4.78 is 4.78. The fourth-order valence-corrected chi connectivity index (χ4v) is 1.28. The summed E-state index contributed by atoms with van der Waals surface area (Å²) in [5.74, 6) is -0.187. The standard InChI is InChI=1S/C9H12N2O2.C4H9.Li/c1-2-13-9(12)4-3-8-7-10-5-6-11-8;1-3-4-2;/h5-7H,2-4H2,1H3;1,3-4H2,2H3;. The van der Waals surface area contributed by atoms with Gasteiger partial charge >= 0.3 is 48.5 Å². The van der Waals surface area contributed by atoms with E-state index in [-0.39, 0.29) is 5.97 Å². The van der Waals surface area contributed by atoms with E-state index in [4.69, 9.17) is 4.74 Å².